The van der Waals surface area contributed by atoms with Gasteiger partial charge in [-0.05, 0) is 98.2 Å². The molecule has 55 heavy (non-hydrogen) atoms. The number of hydrogen-bond acceptors (Lipinski definition) is 14. The summed E-state index contributed by atoms with van der Waals surface area (Å²) >= 11 is 0. The van der Waals surface area contributed by atoms with Crippen molar-refractivity contribution in [3.05, 3.63) is 22.8 Å². The smallest absolute Gasteiger partial charge is 0.336 e. The third-order valence-corrected chi connectivity index (χ3v) is 15.9. The lowest BCUT2D eigenvalue weighted by atomic mass is 9.45. The van der Waals surface area contributed by atoms with E-state index in [2.05, 4.69) is 33.8 Å². The summed E-state index contributed by atoms with van der Waals surface area (Å²) in [5, 5.41) is 82.3. The van der Waals surface area contributed by atoms with Crippen molar-refractivity contribution in [2.45, 2.75) is 160 Å². The monoisotopic (exact) mass is 780 g/mol. The van der Waals surface area contributed by atoms with Gasteiger partial charge in [0.1, 0.15) is 54.9 Å². The number of hydrogen-bond donors (Lipinski definition) is 8. The first-order chi connectivity index (χ1) is 26.0. The molecule has 7 rings (SSSR count). The summed E-state index contributed by atoms with van der Waals surface area (Å²) in [6, 6.07) is 0. The lowest BCUT2D eigenvalue weighted by molar-refractivity contribution is -0.337. The van der Waals surface area contributed by atoms with Crippen molar-refractivity contribution in [1.82, 2.24) is 0 Å². The molecule has 3 aliphatic heterocycles. The van der Waals surface area contributed by atoms with E-state index in [0.717, 1.165) is 37.7 Å². The maximum Gasteiger partial charge on any atom is 0.336 e. The van der Waals surface area contributed by atoms with E-state index in [9.17, 15) is 45.6 Å². The Bertz CT molecular complexity index is 1470. The average molecular weight is 781 g/mol. The van der Waals surface area contributed by atoms with Gasteiger partial charge in [-0.1, -0.05) is 44.9 Å². The molecule has 0 aromatic carbocycles. The summed E-state index contributed by atoms with van der Waals surface area (Å²) in [6.45, 7) is 10.0. The van der Waals surface area contributed by atoms with Crippen LogP contribution in [0.2, 0.25) is 0 Å². The number of fused-ring (bicyclic) bond motifs is 5. The number of allylic oxidation sites excluding steroid dienone is 1. The van der Waals surface area contributed by atoms with Gasteiger partial charge in [0.15, 0.2) is 12.6 Å². The molecular weight excluding hydrogens is 716 g/mol. The summed E-state index contributed by atoms with van der Waals surface area (Å²) in [4.78, 5) is 12.7. The van der Waals surface area contributed by atoms with Gasteiger partial charge < -0.3 is 64.5 Å². The van der Waals surface area contributed by atoms with Gasteiger partial charge in [-0.25, -0.2) is 4.79 Å². The van der Waals surface area contributed by atoms with Crippen LogP contribution in [-0.4, -0.2) is 140 Å². The number of carbonyl (C=O) groups excluding carboxylic acids is 1. The molecule has 7 aliphatic rings. The van der Waals surface area contributed by atoms with Gasteiger partial charge in [-0.3, -0.25) is 0 Å². The Morgan fingerprint density at radius 1 is 0.873 bits per heavy atom. The molecule has 0 bridgehead atoms. The minimum absolute atomic E-state index is 0.0289. The third kappa shape index (κ3) is 7.07. The average Bonchev–Trinajstić information content (AvgIpc) is 3.51. The third-order valence-electron chi connectivity index (χ3n) is 15.9. The van der Waals surface area contributed by atoms with E-state index in [-0.39, 0.29) is 47.4 Å². The van der Waals surface area contributed by atoms with Gasteiger partial charge in [0.05, 0.1) is 31.5 Å². The van der Waals surface area contributed by atoms with Crippen LogP contribution >= 0.6 is 0 Å². The number of ether oxygens (including phenoxy) is 5. The fraction of sp³-hybridized carbons (Fsp3) is 0.878. The number of esters is 1. The van der Waals surface area contributed by atoms with Crippen LogP contribution in [0.25, 0.3) is 0 Å². The molecule has 5 fully saturated rings. The van der Waals surface area contributed by atoms with E-state index in [1.807, 2.05) is 6.92 Å². The first kappa shape index (κ1) is 41.6. The van der Waals surface area contributed by atoms with Crippen LogP contribution in [0.4, 0.5) is 0 Å². The number of aliphatic hydroxyl groups excluding tert-OH is 8. The van der Waals surface area contributed by atoms with Crippen molar-refractivity contribution >= 4 is 5.97 Å². The fourth-order valence-electron chi connectivity index (χ4n) is 12.4. The second-order valence-corrected chi connectivity index (χ2v) is 18.4. The van der Waals surface area contributed by atoms with Crippen LogP contribution < -0.4 is 0 Å². The van der Waals surface area contributed by atoms with Gasteiger partial charge in [0.25, 0.3) is 0 Å². The first-order valence-electron chi connectivity index (χ1n) is 20.5. The van der Waals surface area contributed by atoms with Crippen LogP contribution in [-0.2, 0) is 28.5 Å². The summed E-state index contributed by atoms with van der Waals surface area (Å²) in [5.41, 5.74) is 2.81. The Hall–Kier alpha value is -1.53. The molecule has 3 heterocycles. The molecule has 6 unspecified atom stereocenters. The second-order valence-electron chi connectivity index (χ2n) is 18.4. The highest BCUT2D eigenvalue weighted by Crippen LogP contribution is 2.68. The van der Waals surface area contributed by atoms with E-state index < -0.39 is 74.6 Å². The Morgan fingerprint density at radius 2 is 1.55 bits per heavy atom. The summed E-state index contributed by atoms with van der Waals surface area (Å²) in [5.74, 6) is 2.17. The van der Waals surface area contributed by atoms with Gasteiger partial charge >= 0.3 is 5.97 Å². The lowest BCUT2D eigenvalue weighted by Crippen LogP contribution is -2.62. The Kier molecular flexibility index (Phi) is 12.0. The standard InChI is InChI=1S/C41H64O14/c1-18-12-28(53-37(50)24(18)15-42)20(3)25-8-9-26-23-7-6-21-14-22(13-19(2)41(21,5)27(23)10-11-40(25,26)4)52-39-36(49)34(47)32(45)30(55-39)17-51-38-35(48)33(46)31(44)29(16-43)54-38/h6,19-20,22-23,25-36,38-39,42-49H,7-17H2,1-5H3/t19-,20?,22-,23?,25?,26?,27?,28?,29+,30+,31+,32+,33-,34-,35+,36+,38+,39+,40+,41-/m0/s1. The Morgan fingerprint density at radius 3 is 2.22 bits per heavy atom. The molecule has 4 aliphatic carbocycles. The highest BCUT2D eigenvalue weighted by Gasteiger charge is 2.61. The zero-order chi connectivity index (χ0) is 39.7. The van der Waals surface area contributed by atoms with Crippen molar-refractivity contribution in [3.63, 3.8) is 0 Å². The second kappa shape index (κ2) is 15.9. The molecule has 0 aromatic rings. The zero-order valence-corrected chi connectivity index (χ0v) is 32.8. The van der Waals surface area contributed by atoms with Crippen molar-refractivity contribution in [2.24, 2.45) is 46.3 Å². The quantitative estimate of drug-likeness (QED) is 0.121. The molecule has 8 N–H and O–H groups in total. The van der Waals surface area contributed by atoms with Gasteiger partial charge in [-0.15, -0.1) is 0 Å². The molecule has 3 saturated carbocycles. The molecular formula is C41H64O14. The SMILES string of the molecule is CC1=C(CO)C(=O)OC(C(C)C2CCC3C4CC=C5C[C@@H](O[C@@H]6O[C@H](CO[C@@H]7O[C@H](CO)[C@@H](O)[C@H](O)[C@H]7O)[C@@H](O)[C@H](O)[C@H]6O)C[C@H](C)[C@]5(C)C4CC[C@]23C)C1. The van der Waals surface area contributed by atoms with Crippen molar-refractivity contribution in [2.75, 3.05) is 19.8 Å². The molecule has 14 nitrogen and oxygen atoms in total. The molecule has 0 radical (unpaired) electrons. The predicted molar refractivity (Wildman–Crippen MR) is 194 cm³/mol. The van der Waals surface area contributed by atoms with E-state index in [1.54, 1.807) is 0 Å². The molecule has 312 valence electrons. The van der Waals surface area contributed by atoms with Crippen LogP contribution in [0.5, 0.6) is 0 Å². The van der Waals surface area contributed by atoms with E-state index in [4.69, 9.17) is 23.7 Å². The van der Waals surface area contributed by atoms with Gasteiger partial charge in [0, 0.05) is 6.42 Å². The van der Waals surface area contributed by atoms with Crippen LogP contribution in [0.1, 0.15) is 86.0 Å². The van der Waals surface area contributed by atoms with Gasteiger partial charge in [0.2, 0.25) is 0 Å². The number of rotatable bonds is 9. The number of carbonyl (C=O) groups is 1. The van der Waals surface area contributed by atoms with Crippen LogP contribution in [0.15, 0.2) is 22.8 Å². The fourth-order valence-corrected chi connectivity index (χ4v) is 12.4. The molecule has 14 heteroatoms. The van der Waals surface area contributed by atoms with Crippen LogP contribution in [0.3, 0.4) is 0 Å². The molecule has 20 atom stereocenters. The minimum atomic E-state index is -1.65. The highest BCUT2D eigenvalue weighted by atomic mass is 16.7. The first-order valence-corrected chi connectivity index (χ1v) is 20.5. The van der Waals surface area contributed by atoms with Crippen molar-refractivity contribution < 1.29 is 69.3 Å². The molecule has 0 amide bonds. The minimum Gasteiger partial charge on any atom is -0.458 e. The van der Waals surface area contributed by atoms with Gasteiger partial charge in [-0.2, -0.15) is 0 Å². The summed E-state index contributed by atoms with van der Waals surface area (Å²) < 4.78 is 29.3. The topological polar surface area (TPSA) is 225 Å². The highest BCUT2D eigenvalue weighted by molar-refractivity contribution is 5.90. The Balaban J connectivity index is 1.00. The predicted octanol–water partition coefficient (Wildman–Crippen LogP) is 1.08. The van der Waals surface area contributed by atoms with E-state index in [0.29, 0.717) is 48.5 Å². The Labute approximate surface area is 323 Å². The molecule has 0 aromatic heterocycles. The number of aliphatic hydroxyl groups is 8. The lowest BCUT2D eigenvalue weighted by Gasteiger charge is -2.60. The molecule has 0 spiro atoms. The largest absolute Gasteiger partial charge is 0.458 e. The van der Waals surface area contributed by atoms with E-state index >= 15 is 0 Å². The van der Waals surface area contributed by atoms with Crippen molar-refractivity contribution in [3.8, 4) is 0 Å². The maximum atomic E-state index is 12.7. The van der Waals surface area contributed by atoms with Crippen molar-refractivity contribution in [1.29, 1.82) is 0 Å². The summed E-state index contributed by atoms with van der Waals surface area (Å²) in [7, 11) is 0. The summed E-state index contributed by atoms with van der Waals surface area (Å²) in [6.07, 6.45) is -5.14. The number of cyclic esters (lactones) is 1. The molecule has 2 saturated heterocycles. The van der Waals surface area contributed by atoms with Crippen LogP contribution in [0, 0.1) is 46.3 Å². The van der Waals surface area contributed by atoms with E-state index in [1.165, 1.54) is 5.57 Å². The zero-order valence-electron chi connectivity index (χ0n) is 32.8. The normalized spacial score (nSPS) is 50.7. The maximum absolute atomic E-state index is 12.7.